The van der Waals surface area contributed by atoms with Gasteiger partial charge in [0.05, 0.1) is 11.2 Å². The SMILES string of the molecule is Cc1ncc2c(n1)CCN(Cc1scnc1C)C2. The molecule has 0 saturated carbocycles. The van der Waals surface area contributed by atoms with E-state index in [4.69, 9.17) is 0 Å². The molecule has 94 valence electrons. The molecule has 0 N–H and O–H groups in total. The molecule has 1 aliphatic rings. The molecule has 0 fully saturated rings. The van der Waals surface area contributed by atoms with E-state index in [1.807, 2.05) is 18.6 Å². The molecule has 4 nitrogen and oxygen atoms in total. The minimum atomic E-state index is 0.875. The molecule has 0 aromatic carbocycles. The Labute approximate surface area is 111 Å². The van der Waals surface area contributed by atoms with Crippen LogP contribution in [0.25, 0.3) is 0 Å². The number of aryl methyl sites for hydroxylation is 2. The summed E-state index contributed by atoms with van der Waals surface area (Å²) in [5.74, 6) is 0.875. The minimum absolute atomic E-state index is 0.875. The summed E-state index contributed by atoms with van der Waals surface area (Å²) in [6, 6.07) is 0. The van der Waals surface area contributed by atoms with Crippen molar-refractivity contribution in [3.05, 3.63) is 39.4 Å². The van der Waals surface area contributed by atoms with Gasteiger partial charge in [-0.05, 0) is 13.8 Å². The minimum Gasteiger partial charge on any atom is -0.293 e. The van der Waals surface area contributed by atoms with Gasteiger partial charge >= 0.3 is 0 Å². The van der Waals surface area contributed by atoms with Crippen molar-refractivity contribution in [3.8, 4) is 0 Å². The van der Waals surface area contributed by atoms with Gasteiger partial charge in [-0.15, -0.1) is 11.3 Å². The first kappa shape index (κ1) is 11.7. The maximum atomic E-state index is 4.52. The van der Waals surface area contributed by atoms with Crippen molar-refractivity contribution in [1.29, 1.82) is 0 Å². The monoisotopic (exact) mass is 260 g/mol. The highest BCUT2D eigenvalue weighted by Crippen LogP contribution is 2.21. The van der Waals surface area contributed by atoms with Crippen molar-refractivity contribution in [2.24, 2.45) is 0 Å². The van der Waals surface area contributed by atoms with Crippen molar-refractivity contribution < 1.29 is 0 Å². The van der Waals surface area contributed by atoms with E-state index in [9.17, 15) is 0 Å². The molecule has 2 aromatic heterocycles. The predicted molar refractivity (Wildman–Crippen MR) is 71.4 cm³/mol. The van der Waals surface area contributed by atoms with Gasteiger partial charge in [0.1, 0.15) is 5.82 Å². The van der Waals surface area contributed by atoms with Crippen LogP contribution in [0, 0.1) is 13.8 Å². The van der Waals surface area contributed by atoms with Gasteiger partial charge < -0.3 is 0 Å². The Morgan fingerprint density at radius 1 is 1.33 bits per heavy atom. The van der Waals surface area contributed by atoms with Gasteiger partial charge in [0.2, 0.25) is 0 Å². The average molecular weight is 260 g/mol. The van der Waals surface area contributed by atoms with E-state index < -0.39 is 0 Å². The number of hydrogen-bond acceptors (Lipinski definition) is 5. The molecular formula is C13H16N4S. The summed E-state index contributed by atoms with van der Waals surface area (Å²) in [5, 5.41) is 0. The highest BCUT2D eigenvalue weighted by atomic mass is 32.1. The maximum absolute atomic E-state index is 4.52. The molecule has 0 atom stereocenters. The standard InChI is InChI=1S/C13H16N4S/c1-9-13(18-8-15-9)7-17-4-3-12-11(6-17)5-14-10(2)16-12/h5,8H,3-4,6-7H2,1-2H3. The van der Waals surface area contributed by atoms with Gasteiger partial charge in [-0.2, -0.15) is 0 Å². The molecule has 18 heavy (non-hydrogen) atoms. The Bertz CT molecular complexity index is 564. The summed E-state index contributed by atoms with van der Waals surface area (Å²) in [5.41, 5.74) is 5.58. The highest BCUT2D eigenvalue weighted by Gasteiger charge is 2.19. The lowest BCUT2D eigenvalue weighted by molar-refractivity contribution is 0.244. The molecule has 0 aliphatic carbocycles. The van der Waals surface area contributed by atoms with Crippen LogP contribution < -0.4 is 0 Å². The third kappa shape index (κ3) is 2.28. The van der Waals surface area contributed by atoms with Crippen molar-refractivity contribution in [2.45, 2.75) is 33.4 Å². The first-order valence-electron chi connectivity index (χ1n) is 6.15. The Hall–Kier alpha value is -1.33. The number of nitrogens with zero attached hydrogens (tertiary/aromatic N) is 4. The molecule has 5 heteroatoms. The van der Waals surface area contributed by atoms with Crippen LogP contribution >= 0.6 is 11.3 Å². The number of aromatic nitrogens is 3. The van der Waals surface area contributed by atoms with Crippen molar-refractivity contribution in [3.63, 3.8) is 0 Å². The second kappa shape index (κ2) is 4.74. The summed E-state index contributed by atoms with van der Waals surface area (Å²) in [6.45, 7) is 7.04. The van der Waals surface area contributed by atoms with Crippen molar-refractivity contribution in [2.75, 3.05) is 6.54 Å². The van der Waals surface area contributed by atoms with Gasteiger partial charge in [0, 0.05) is 48.4 Å². The van der Waals surface area contributed by atoms with Gasteiger partial charge in [-0.25, -0.2) is 15.0 Å². The zero-order chi connectivity index (χ0) is 12.5. The van der Waals surface area contributed by atoms with E-state index in [1.54, 1.807) is 11.3 Å². The number of rotatable bonds is 2. The summed E-state index contributed by atoms with van der Waals surface area (Å²) >= 11 is 1.74. The topological polar surface area (TPSA) is 41.9 Å². The fourth-order valence-electron chi connectivity index (χ4n) is 2.29. The van der Waals surface area contributed by atoms with Gasteiger partial charge in [0.15, 0.2) is 0 Å². The zero-order valence-corrected chi connectivity index (χ0v) is 11.5. The molecule has 0 bridgehead atoms. The second-order valence-corrected chi connectivity index (χ2v) is 5.65. The molecule has 0 amide bonds. The lowest BCUT2D eigenvalue weighted by Crippen LogP contribution is -2.30. The van der Waals surface area contributed by atoms with Crippen LogP contribution in [0.1, 0.15) is 27.7 Å². The van der Waals surface area contributed by atoms with E-state index in [2.05, 4.69) is 26.8 Å². The van der Waals surface area contributed by atoms with E-state index in [-0.39, 0.29) is 0 Å². The van der Waals surface area contributed by atoms with Crippen LogP contribution in [0.5, 0.6) is 0 Å². The normalized spacial score (nSPS) is 15.7. The van der Waals surface area contributed by atoms with Crippen LogP contribution in [0.2, 0.25) is 0 Å². The molecule has 1 aliphatic heterocycles. The van der Waals surface area contributed by atoms with Crippen LogP contribution in [-0.2, 0) is 19.5 Å². The summed E-state index contributed by atoms with van der Waals surface area (Å²) < 4.78 is 0. The Morgan fingerprint density at radius 2 is 2.22 bits per heavy atom. The molecule has 3 rings (SSSR count). The fourth-order valence-corrected chi connectivity index (χ4v) is 3.11. The van der Waals surface area contributed by atoms with Crippen molar-refractivity contribution in [1.82, 2.24) is 19.9 Å². The van der Waals surface area contributed by atoms with Gasteiger partial charge in [-0.1, -0.05) is 0 Å². The number of thiazole rings is 1. The number of fused-ring (bicyclic) bond motifs is 1. The van der Waals surface area contributed by atoms with Gasteiger partial charge in [-0.3, -0.25) is 4.90 Å². The quantitative estimate of drug-likeness (QED) is 0.829. The van der Waals surface area contributed by atoms with E-state index in [0.717, 1.165) is 37.6 Å². The lowest BCUT2D eigenvalue weighted by atomic mass is 10.1. The molecule has 3 heterocycles. The predicted octanol–water partition coefficient (Wildman–Crippen LogP) is 2.11. The van der Waals surface area contributed by atoms with Crippen LogP contribution in [-0.4, -0.2) is 26.4 Å². The van der Waals surface area contributed by atoms with Crippen LogP contribution in [0.15, 0.2) is 11.7 Å². The van der Waals surface area contributed by atoms with Crippen molar-refractivity contribution >= 4 is 11.3 Å². The first-order chi connectivity index (χ1) is 8.72. The Balaban J connectivity index is 1.75. The van der Waals surface area contributed by atoms with E-state index in [1.165, 1.54) is 16.1 Å². The average Bonchev–Trinajstić information content (AvgIpc) is 2.75. The molecule has 0 saturated heterocycles. The first-order valence-corrected chi connectivity index (χ1v) is 7.03. The van der Waals surface area contributed by atoms with E-state index in [0.29, 0.717) is 0 Å². The van der Waals surface area contributed by atoms with Crippen LogP contribution in [0.3, 0.4) is 0 Å². The van der Waals surface area contributed by atoms with Gasteiger partial charge in [0.25, 0.3) is 0 Å². The fraction of sp³-hybridized carbons (Fsp3) is 0.462. The lowest BCUT2D eigenvalue weighted by Gasteiger charge is -2.27. The number of hydrogen-bond donors (Lipinski definition) is 0. The summed E-state index contributed by atoms with van der Waals surface area (Å²) in [7, 11) is 0. The third-order valence-electron chi connectivity index (χ3n) is 3.35. The maximum Gasteiger partial charge on any atom is 0.125 e. The smallest absolute Gasteiger partial charge is 0.125 e. The highest BCUT2D eigenvalue weighted by molar-refractivity contribution is 7.09. The second-order valence-electron chi connectivity index (χ2n) is 4.71. The molecular weight excluding hydrogens is 244 g/mol. The molecule has 0 unspecified atom stereocenters. The Kier molecular flexibility index (Phi) is 3.09. The van der Waals surface area contributed by atoms with Crippen LogP contribution in [0.4, 0.5) is 0 Å². The summed E-state index contributed by atoms with van der Waals surface area (Å²) in [4.78, 5) is 16.9. The Morgan fingerprint density at radius 3 is 3.00 bits per heavy atom. The third-order valence-corrected chi connectivity index (χ3v) is 4.27. The molecule has 2 aromatic rings. The summed E-state index contributed by atoms with van der Waals surface area (Å²) in [6.07, 6.45) is 3.00. The molecule has 0 radical (unpaired) electrons. The largest absolute Gasteiger partial charge is 0.293 e. The van der Waals surface area contributed by atoms with E-state index >= 15 is 0 Å². The zero-order valence-electron chi connectivity index (χ0n) is 10.7. The molecule has 0 spiro atoms.